The zero-order chi connectivity index (χ0) is 19.0. The minimum atomic E-state index is -0.260. The van der Waals surface area contributed by atoms with Gasteiger partial charge in [-0.05, 0) is 62.2 Å². The monoisotopic (exact) mass is 363 g/mol. The second-order valence-corrected chi connectivity index (χ2v) is 7.22. The van der Waals surface area contributed by atoms with Crippen LogP contribution in [0.15, 0.2) is 48.5 Å². The molecule has 0 aliphatic carbocycles. The number of hydrogen-bond acceptors (Lipinski definition) is 3. The third kappa shape index (κ3) is 3.50. The first kappa shape index (κ1) is 17.5. The number of amides is 1. The van der Waals surface area contributed by atoms with Crippen molar-refractivity contribution in [3.8, 4) is 11.3 Å². The lowest BCUT2D eigenvalue weighted by molar-refractivity contribution is -0.122. The summed E-state index contributed by atoms with van der Waals surface area (Å²) in [4.78, 5) is 18.6. The van der Waals surface area contributed by atoms with Gasteiger partial charge in [-0.3, -0.25) is 4.79 Å². The lowest BCUT2D eigenvalue weighted by Crippen LogP contribution is -2.38. The van der Waals surface area contributed by atoms with Gasteiger partial charge in [0, 0.05) is 35.6 Å². The number of hydrogen-bond donors (Lipinski definition) is 1. The van der Waals surface area contributed by atoms with E-state index in [0.29, 0.717) is 0 Å². The van der Waals surface area contributed by atoms with Crippen molar-refractivity contribution >= 4 is 22.5 Å². The number of benzene rings is 2. The minimum absolute atomic E-state index is 0.0485. The van der Waals surface area contributed by atoms with Crippen molar-refractivity contribution in [2.24, 2.45) is 11.7 Å². The Morgan fingerprint density at radius 2 is 1.81 bits per heavy atom. The molecule has 1 saturated heterocycles. The van der Waals surface area contributed by atoms with Gasteiger partial charge in [-0.2, -0.15) is 0 Å². The summed E-state index contributed by atoms with van der Waals surface area (Å²) in [6.07, 6.45) is 1.52. The molecule has 1 fully saturated rings. The highest BCUT2D eigenvalue weighted by atomic mass is 19.1. The second kappa shape index (κ2) is 6.99. The van der Waals surface area contributed by atoms with Crippen molar-refractivity contribution in [1.82, 2.24) is 4.98 Å². The number of aryl methyl sites for hydroxylation is 1. The van der Waals surface area contributed by atoms with E-state index in [1.54, 1.807) is 12.1 Å². The van der Waals surface area contributed by atoms with E-state index in [0.717, 1.165) is 53.8 Å². The van der Waals surface area contributed by atoms with Gasteiger partial charge in [0.25, 0.3) is 0 Å². The van der Waals surface area contributed by atoms with E-state index in [2.05, 4.69) is 24.0 Å². The topological polar surface area (TPSA) is 59.2 Å². The van der Waals surface area contributed by atoms with Crippen LogP contribution in [0.25, 0.3) is 22.2 Å². The Bertz CT molecular complexity index is 992. The maximum absolute atomic E-state index is 13.3. The molecule has 3 aromatic rings. The van der Waals surface area contributed by atoms with Crippen LogP contribution in [0.4, 0.5) is 10.1 Å². The van der Waals surface area contributed by atoms with Crippen LogP contribution in [-0.2, 0) is 4.79 Å². The minimum Gasteiger partial charge on any atom is -0.371 e. The Hall–Kier alpha value is -2.95. The van der Waals surface area contributed by atoms with E-state index < -0.39 is 0 Å². The molecule has 27 heavy (non-hydrogen) atoms. The summed E-state index contributed by atoms with van der Waals surface area (Å²) in [7, 11) is 0. The maximum atomic E-state index is 13.3. The van der Waals surface area contributed by atoms with E-state index in [-0.39, 0.29) is 17.6 Å². The van der Waals surface area contributed by atoms with Crippen LogP contribution in [0.2, 0.25) is 0 Å². The Balaban J connectivity index is 1.79. The van der Waals surface area contributed by atoms with Crippen molar-refractivity contribution in [2.45, 2.75) is 19.8 Å². The van der Waals surface area contributed by atoms with Crippen LogP contribution in [0.5, 0.6) is 0 Å². The third-order valence-electron chi connectivity index (χ3n) is 5.32. The van der Waals surface area contributed by atoms with Crippen molar-refractivity contribution in [2.75, 3.05) is 18.0 Å². The van der Waals surface area contributed by atoms with E-state index in [4.69, 9.17) is 10.7 Å². The summed E-state index contributed by atoms with van der Waals surface area (Å²) >= 11 is 0. The SMILES string of the molecule is Cc1ccc2nc(-c3ccc(F)cc3)cc(N3CCC(C(N)=O)CC3)c2c1. The smallest absolute Gasteiger partial charge is 0.220 e. The lowest BCUT2D eigenvalue weighted by atomic mass is 9.95. The molecule has 2 aromatic carbocycles. The number of carbonyl (C=O) groups is 1. The molecule has 1 amide bonds. The Labute approximate surface area is 157 Å². The van der Waals surface area contributed by atoms with Crippen molar-refractivity contribution in [3.05, 3.63) is 59.9 Å². The van der Waals surface area contributed by atoms with Gasteiger partial charge in [0.2, 0.25) is 5.91 Å². The quantitative estimate of drug-likeness (QED) is 0.764. The van der Waals surface area contributed by atoms with Crippen molar-refractivity contribution in [3.63, 3.8) is 0 Å². The molecule has 0 bridgehead atoms. The van der Waals surface area contributed by atoms with Crippen LogP contribution >= 0.6 is 0 Å². The highest BCUT2D eigenvalue weighted by Crippen LogP contribution is 2.34. The Morgan fingerprint density at radius 3 is 2.48 bits per heavy atom. The van der Waals surface area contributed by atoms with Crippen LogP contribution in [0.3, 0.4) is 0 Å². The first-order valence-electron chi connectivity index (χ1n) is 9.23. The number of fused-ring (bicyclic) bond motifs is 1. The zero-order valence-electron chi connectivity index (χ0n) is 15.3. The van der Waals surface area contributed by atoms with Crippen LogP contribution in [0, 0.1) is 18.7 Å². The molecule has 1 aromatic heterocycles. The summed E-state index contributed by atoms with van der Waals surface area (Å²) in [6.45, 7) is 3.63. The summed E-state index contributed by atoms with van der Waals surface area (Å²) in [5, 5.41) is 1.10. The summed E-state index contributed by atoms with van der Waals surface area (Å²) in [5.74, 6) is -0.520. The number of carbonyl (C=O) groups excluding carboxylic acids is 1. The predicted octanol–water partition coefficient (Wildman–Crippen LogP) is 4.05. The highest BCUT2D eigenvalue weighted by Gasteiger charge is 2.24. The second-order valence-electron chi connectivity index (χ2n) is 7.22. The first-order chi connectivity index (χ1) is 13.0. The number of aromatic nitrogens is 1. The van der Waals surface area contributed by atoms with E-state index >= 15 is 0 Å². The predicted molar refractivity (Wildman–Crippen MR) is 106 cm³/mol. The van der Waals surface area contributed by atoms with Crippen LogP contribution in [0.1, 0.15) is 18.4 Å². The molecule has 0 saturated carbocycles. The molecule has 1 aliphatic heterocycles. The molecule has 0 radical (unpaired) electrons. The Kier molecular flexibility index (Phi) is 4.52. The van der Waals surface area contributed by atoms with Gasteiger partial charge in [0.05, 0.1) is 11.2 Å². The fourth-order valence-electron chi connectivity index (χ4n) is 3.76. The van der Waals surface area contributed by atoms with Crippen LogP contribution < -0.4 is 10.6 Å². The van der Waals surface area contributed by atoms with Gasteiger partial charge in [0.15, 0.2) is 0 Å². The van der Waals surface area contributed by atoms with Gasteiger partial charge in [-0.25, -0.2) is 9.37 Å². The average Bonchev–Trinajstić information content (AvgIpc) is 2.68. The summed E-state index contributed by atoms with van der Waals surface area (Å²) in [5.41, 5.74) is 10.4. The fraction of sp³-hybridized carbons (Fsp3) is 0.273. The molecule has 4 nitrogen and oxygen atoms in total. The number of nitrogens with two attached hydrogens (primary N) is 1. The van der Waals surface area contributed by atoms with Crippen molar-refractivity contribution < 1.29 is 9.18 Å². The van der Waals surface area contributed by atoms with Gasteiger partial charge >= 0.3 is 0 Å². The number of anilines is 1. The standard InChI is InChI=1S/C22H22FN3O/c1-14-2-7-19-18(12-14)21(26-10-8-16(9-11-26)22(24)27)13-20(25-19)15-3-5-17(23)6-4-15/h2-7,12-13,16H,8-11H2,1H3,(H2,24,27). The molecular weight excluding hydrogens is 341 g/mol. The number of nitrogens with zero attached hydrogens (tertiary/aromatic N) is 2. The molecule has 0 spiro atoms. The number of piperidine rings is 1. The van der Waals surface area contributed by atoms with Gasteiger partial charge in [-0.1, -0.05) is 11.6 Å². The third-order valence-corrected chi connectivity index (χ3v) is 5.32. The largest absolute Gasteiger partial charge is 0.371 e. The number of rotatable bonds is 3. The molecule has 2 heterocycles. The van der Waals surface area contributed by atoms with Crippen LogP contribution in [-0.4, -0.2) is 24.0 Å². The normalized spacial score (nSPS) is 15.3. The Morgan fingerprint density at radius 1 is 1.11 bits per heavy atom. The molecular formula is C22H22FN3O. The average molecular weight is 363 g/mol. The van der Waals surface area contributed by atoms with Crippen molar-refractivity contribution in [1.29, 1.82) is 0 Å². The molecule has 4 rings (SSSR count). The molecule has 2 N–H and O–H groups in total. The fourth-order valence-corrected chi connectivity index (χ4v) is 3.76. The van der Waals surface area contributed by atoms with E-state index in [1.165, 1.54) is 17.7 Å². The molecule has 5 heteroatoms. The van der Waals surface area contributed by atoms with E-state index in [9.17, 15) is 9.18 Å². The molecule has 0 atom stereocenters. The van der Waals surface area contributed by atoms with Gasteiger partial charge in [-0.15, -0.1) is 0 Å². The molecule has 1 aliphatic rings. The molecule has 0 unspecified atom stereocenters. The summed E-state index contributed by atoms with van der Waals surface area (Å²) in [6, 6.07) is 14.7. The number of pyridine rings is 1. The number of halogens is 1. The maximum Gasteiger partial charge on any atom is 0.220 e. The summed E-state index contributed by atoms with van der Waals surface area (Å²) < 4.78 is 13.3. The first-order valence-corrected chi connectivity index (χ1v) is 9.23. The molecule has 138 valence electrons. The zero-order valence-corrected chi connectivity index (χ0v) is 15.3. The van der Waals surface area contributed by atoms with Gasteiger partial charge in [0.1, 0.15) is 5.82 Å². The lowest BCUT2D eigenvalue weighted by Gasteiger charge is -2.33. The number of primary amides is 1. The highest BCUT2D eigenvalue weighted by molar-refractivity contribution is 5.95. The van der Waals surface area contributed by atoms with Gasteiger partial charge < -0.3 is 10.6 Å². The van der Waals surface area contributed by atoms with E-state index in [1.807, 2.05) is 12.1 Å².